The molecule has 5 heteroatoms. The highest BCUT2D eigenvalue weighted by Gasteiger charge is 2.41. The summed E-state index contributed by atoms with van der Waals surface area (Å²) < 4.78 is 4.77. The van der Waals surface area contributed by atoms with Gasteiger partial charge >= 0.3 is 0 Å². The van der Waals surface area contributed by atoms with Crippen LogP contribution in [-0.2, 0) is 9.53 Å². The Morgan fingerprint density at radius 3 is 2.83 bits per heavy atom. The fourth-order valence-electron chi connectivity index (χ4n) is 0.862. The highest BCUT2D eigenvalue weighted by atomic mass is 32.2. The van der Waals surface area contributed by atoms with Gasteiger partial charge in [-0.2, -0.15) is 11.8 Å². The summed E-state index contributed by atoms with van der Waals surface area (Å²) in [5.41, 5.74) is 5.64. The van der Waals surface area contributed by atoms with E-state index < -0.39 is 6.29 Å². The number of carbonyl (C=O) groups excluding carboxylic acids is 1. The van der Waals surface area contributed by atoms with Crippen LogP contribution in [0.4, 0.5) is 0 Å². The zero-order valence-corrected chi connectivity index (χ0v) is 7.71. The van der Waals surface area contributed by atoms with E-state index in [0.717, 1.165) is 0 Å². The minimum Gasteiger partial charge on any atom is -0.366 e. The summed E-state index contributed by atoms with van der Waals surface area (Å²) in [6.07, 6.45) is -0.901. The molecule has 1 aliphatic heterocycles. The lowest BCUT2D eigenvalue weighted by Gasteiger charge is -2.05. The fraction of sp³-hybridized carbons (Fsp3) is 0.857. The second kappa shape index (κ2) is 4.23. The summed E-state index contributed by atoms with van der Waals surface area (Å²) >= 11 is 1.47. The molecule has 0 aromatic heterocycles. The molecule has 1 saturated heterocycles. The average Bonchev–Trinajstić information content (AvgIpc) is 2.66. The summed E-state index contributed by atoms with van der Waals surface area (Å²) in [7, 11) is 0. The van der Waals surface area contributed by atoms with Crippen molar-refractivity contribution in [1.29, 1.82) is 0 Å². The van der Waals surface area contributed by atoms with E-state index in [1.165, 1.54) is 11.8 Å². The number of carbonyl (C=O) groups is 1. The van der Waals surface area contributed by atoms with E-state index in [9.17, 15) is 4.79 Å². The molecule has 0 spiro atoms. The quantitative estimate of drug-likeness (QED) is 0.565. The predicted octanol–water partition coefficient (Wildman–Crippen LogP) is -0.647. The van der Waals surface area contributed by atoms with Crippen LogP contribution in [0.5, 0.6) is 0 Å². The number of rotatable bonds is 5. The lowest BCUT2D eigenvalue weighted by Crippen LogP contribution is -2.30. The van der Waals surface area contributed by atoms with Crippen LogP contribution in [0, 0.1) is 0 Å². The molecule has 1 rings (SSSR count). The van der Waals surface area contributed by atoms with Crippen molar-refractivity contribution < 1.29 is 14.6 Å². The van der Waals surface area contributed by atoms with E-state index in [-0.39, 0.29) is 17.9 Å². The van der Waals surface area contributed by atoms with Gasteiger partial charge in [-0.25, -0.2) is 0 Å². The van der Waals surface area contributed by atoms with Gasteiger partial charge in [0.25, 0.3) is 0 Å². The molecule has 2 unspecified atom stereocenters. The smallest absolute Gasteiger partial charge is 0.183 e. The highest BCUT2D eigenvalue weighted by Crippen LogP contribution is 2.23. The topological polar surface area (TPSA) is 75.9 Å². The molecule has 1 heterocycles. The zero-order valence-electron chi connectivity index (χ0n) is 6.90. The van der Waals surface area contributed by atoms with E-state index >= 15 is 0 Å². The molecule has 1 aliphatic rings. The van der Waals surface area contributed by atoms with Crippen LogP contribution in [0.2, 0.25) is 0 Å². The summed E-state index contributed by atoms with van der Waals surface area (Å²) in [6.45, 7) is 1.54. The molecule has 0 aliphatic carbocycles. The Kier molecular flexibility index (Phi) is 3.52. The molecular weight excluding hydrogens is 178 g/mol. The Morgan fingerprint density at radius 1 is 1.83 bits per heavy atom. The van der Waals surface area contributed by atoms with Gasteiger partial charge in [-0.1, -0.05) is 0 Å². The summed E-state index contributed by atoms with van der Waals surface area (Å²) in [4.78, 5) is 10.5. The van der Waals surface area contributed by atoms with Crippen LogP contribution >= 0.6 is 11.8 Å². The average molecular weight is 191 g/mol. The molecule has 12 heavy (non-hydrogen) atoms. The van der Waals surface area contributed by atoms with Crippen LogP contribution in [0.15, 0.2) is 0 Å². The van der Waals surface area contributed by atoms with Gasteiger partial charge in [0, 0.05) is 11.8 Å². The number of thioether (sulfide) groups is 1. The molecule has 0 amide bonds. The van der Waals surface area contributed by atoms with Crippen LogP contribution in [0.25, 0.3) is 0 Å². The van der Waals surface area contributed by atoms with Crippen LogP contribution < -0.4 is 5.73 Å². The molecular formula is C7H13NO3S. The third-order valence-corrected chi connectivity index (χ3v) is 2.77. The van der Waals surface area contributed by atoms with Gasteiger partial charge in [-0.15, -0.1) is 0 Å². The molecule has 4 nitrogen and oxygen atoms in total. The van der Waals surface area contributed by atoms with Crippen LogP contribution in [0.3, 0.4) is 0 Å². The minimum absolute atomic E-state index is 0.143. The Hall–Kier alpha value is -0.100. The summed E-state index contributed by atoms with van der Waals surface area (Å²) in [6, 6.07) is -0.163. The van der Waals surface area contributed by atoms with E-state index in [2.05, 4.69) is 0 Å². The monoisotopic (exact) mass is 191 g/mol. The van der Waals surface area contributed by atoms with Crippen molar-refractivity contribution in [2.45, 2.75) is 25.4 Å². The van der Waals surface area contributed by atoms with Crippen LogP contribution in [0.1, 0.15) is 6.92 Å². The summed E-state index contributed by atoms with van der Waals surface area (Å²) in [5.74, 6) is 1.28. The van der Waals surface area contributed by atoms with Crippen molar-refractivity contribution in [1.82, 2.24) is 0 Å². The highest BCUT2D eigenvalue weighted by molar-refractivity contribution is 8.00. The first-order valence-corrected chi connectivity index (χ1v) is 4.93. The van der Waals surface area contributed by atoms with E-state index in [1.807, 2.05) is 0 Å². The fourth-order valence-corrected chi connectivity index (χ4v) is 1.73. The van der Waals surface area contributed by atoms with Gasteiger partial charge < -0.3 is 15.6 Å². The van der Waals surface area contributed by atoms with Gasteiger partial charge in [-0.05, 0) is 6.92 Å². The third kappa shape index (κ3) is 3.10. The number of nitrogens with two attached hydrogens (primary N) is 1. The van der Waals surface area contributed by atoms with Crippen molar-refractivity contribution in [3.05, 3.63) is 0 Å². The van der Waals surface area contributed by atoms with Crippen molar-refractivity contribution in [2.75, 3.05) is 11.5 Å². The Bertz CT molecular complexity index is 176. The SMILES string of the molecule is CC(=O)CSCC(N)C1O[C@@H]1O. The van der Waals surface area contributed by atoms with Gasteiger partial charge in [0.05, 0.1) is 5.75 Å². The number of hydrogen-bond donors (Lipinski definition) is 2. The molecule has 0 bridgehead atoms. The van der Waals surface area contributed by atoms with Crippen molar-refractivity contribution in [2.24, 2.45) is 5.73 Å². The van der Waals surface area contributed by atoms with E-state index in [0.29, 0.717) is 11.5 Å². The second-order valence-electron chi connectivity index (χ2n) is 2.87. The number of hydrogen-bond acceptors (Lipinski definition) is 5. The lowest BCUT2D eigenvalue weighted by atomic mass is 10.3. The molecule has 70 valence electrons. The summed E-state index contributed by atoms with van der Waals surface area (Å²) in [5, 5.41) is 8.83. The number of aliphatic hydroxyl groups excluding tert-OH is 1. The van der Waals surface area contributed by atoms with Crippen LogP contribution in [-0.4, -0.2) is 40.8 Å². The van der Waals surface area contributed by atoms with Gasteiger partial charge in [0.15, 0.2) is 6.29 Å². The van der Waals surface area contributed by atoms with Gasteiger partial charge in [0.2, 0.25) is 0 Å². The van der Waals surface area contributed by atoms with E-state index in [1.54, 1.807) is 6.92 Å². The van der Waals surface area contributed by atoms with Gasteiger partial charge in [0.1, 0.15) is 11.9 Å². The minimum atomic E-state index is -0.682. The second-order valence-corrected chi connectivity index (χ2v) is 3.90. The molecule has 0 aromatic rings. The Labute approximate surface area is 75.5 Å². The molecule has 0 saturated carbocycles. The van der Waals surface area contributed by atoms with Gasteiger partial charge in [-0.3, -0.25) is 4.79 Å². The molecule has 3 N–H and O–H groups in total. The molecule has 1 fully saturated rings. The maximum atomic E-state index is 10.5. The van der Waals surface area contributed by atoms with Crippen molar-refractivity contribution in [3.8, 4) is 0 Å². The largest absolute Gasteiger partial charge is 0.366 e. The predicted molar refractivity (Wildman–Crippen MR) is 46.9 cm³/mol. The molecule has 3 atom stereocenters. The first-order valence-electron chi connectivity index (χ1n) is 3.77. The number of aliphatic hydroxyl groups is 1. The number of ether oxygens (including phenoxy) is 1. The van der Waals surface area contributed by atoms with E-state index in [4.69, 9.17) is 15.6 Å². The first-order chi connectivity index (χ1) is 5.61. The first kappa shape index (κ1) is 9.98. The maximum Gasteiger partial charge on any atom is 0.183 e. The number of Topliss-reactive ketones (excluding diaryl/α,β-unsaturated/α-hetero) is 1. The third-order valence-electron chi connectivity index (χ3n) is 1.54. The standard InChI is InChI=1S/C7H13NO3S/c1-4(9)2-12-3-5(8)6-7(10)11-6/h5-7,10H,2-3,8H2,1H3/t5?,6?,7-/m0/s1. The Balaban J connectivity index is 2.03. The molecule has 0 radical (unpaired) electrons. The molecule has 0 aromatic carbocycles. The Morgan fingerprint density at radius 2 is 2.42 bits per heavy atom. The normalized spacial score (nSPS) is 29.9. The van der Waals surface area contributed by atoms with Crippen molar-refractivity contribution in [3.63, 3.8) is 0 Å². The number of epoxide rings is 1. The van der Waals surface area contributed by atoms with Crippen molar-refractivity contribution >= 4 is 17.5 Å². The lowest BCUT2D eigenvalue weighted by molar-refractivity contribution is -0.114. The zero-order chi connectivity index (χ0) is 9.14. The maximum absolute atomic E-state index is 10.5. The number of ketones is 1.